The third-order valence-electron chi connectivity index (χ3n) is 4.39. The Morgan fingerprint density at radius 2 is 1.58 bits per heavy atom. The number of hydrogen-bond acceptors (Lipinski definition) is 4. The highest BCUT2D eigenvalue weighted by Gasteiger charge is 2.27. The van der Waals surface area contributed by atoms with Gasteiger partial charge in [0.25, 0.3) is 0 Å². The second-order valence-corrected chi connectivity index (χ2v) is 8.25. The van der Waals surface area contributed by atoms with Crippen LogP contribution in [0.3, 0.4) is 0 Å². The maximum Gasteiger partial charge on any atom is 0.175 e. The molecule has 0 amide bonds. The lowest BCUT2D eigenvalue weighted by molar-refractivity contribution is 0.0994. The molecule has 0 bridgehead atoms. The van der Waals surface area contributed by atoms with Crippen LogP contribution < -0.4 is 0 Å². The molecule has 3 aromatic rings. The van der Waals surface area contributed by atoms with Crippen LogP contribution >= 0.6 is 0 Å². The van der Waals surface area contributed by atoms with Crippen LogP contribution in [0.25, 0.3) is 28.5 Å². The third-order valence-corrected chi connectivity index (χ3v) is 5.52. The second kappa shape index (κ2) is 6.11. The molecule has 1 heterocycles. The van der Waals surface area contributed by atoms with E-state index < -0.39 is 9.84 Å². The Balaban J connectivity index is 1.96. The number of carbonyl (C=O) groups is 1. The zero-order valence-corrected chi connectivity index (χ0v) is 14.9. The van der Waals surface area contributed by atoms with E-state index >= 15 is 0 Å². The topological polar surface area (TPSA) is 64.3 Å². The van der Waals surface area contributed by atoms with E-state index in [1.165, 1.54) is 6.26 Å². The molecule has 130 valence electrons. The summed E-state index contributed by atoms with van der Waals surface area (Å²) in [6, 6.07) is 16.1. The van der Waals surface area contributed by atoms with Gasteiger partial charge in [-0.1, -0.05) is 48.5 Å². The van der Waals surface area contributed by atoms with Gasteiger partial charge in [0.05, 0.1) is 10.5 Å². The van der Waals surface area contributed by atoms with Gasteiger partial charge in [0.15, 0.2) is 15.6 Å². The number of sulfone groups is 1. The van der Waals surface area contributed by atoms with Gasteiger partial charge in [0.2, 0.25) is 0 Å². The van der Waals surface area contributed by atoms with Crippen LogP contribution in [-0.2, 0) is 9.84 Å². The Hall–Kier alpha value is -2.92. The smallest absolute Gasteiger partial charge is 0.175 e. The molecule has 0 aliphatic heterocycles. The molecular formula is C21H16O4S. The van der Waals surface area contributed by atoms with E-state index in [4.69, 9.17) is 4.42 Å². The van der Waals surface area contributed by atoms with Crippen molar-refractivity contribution in [1.82, 2.24) is 0 Å². The Bertz CT molecular complexity index is 1120. The first-order chi connectivity index (χ1) is 12.4. The van der Waals surface area contributed by atoms with Gasteiger partial charge in [-0.3, -0.25) is 4.79 Å². The molecule has 1 aromatic heterocycles. The molecule has 26 heavy (non-hydrogen) atoms. The van der Waals surface area contributed by atoms with Crippen molar-refractivity contribution >= 4 is 21.7 Å². The predicted octanol–water partition coefficient (Wildman–Crippen LogP) is 4.62. The summed E-state index contributed by atoms with van der Waals surface area (Å²) in [5.74, 6) is 1.15. The quantitative estimate of drug-likeness (QED) is 0.680. The van der Waals surface area contributed by atoms with E-state index in [9.17, 15) is 13.2 Å². The van der Waals surface area contributed by atoms with Gasteiger partial charge in [-0.05, 0) is 23.8 Å². The molecule has 4 nitrogen and oxygen atoms in total. The second-order valence-electron chi connectivity index (χ2n) is 6.24. The summed E-state index contributed by atoms with van der Waals surface area (Å²) >= 11 is 0. The number of hydrogen-bond donors (Lipinski definition) is 0. The molecule has 0 atom stereocenters. The molecule has 1 aliphatic carbocycles. The minimum Gasteiger partial charge on any atom is -0.455 e. The van der Waals surface area contributed by atoms with Crippen molar-refractivity contribution in [2.45, 2.75) is 11.3 Å². The summed E-state index contributed by atoms with van der Waals surface area (Å²) in [5.41, 5.74) is 2.88. The predicted molar refractivity (Wildman–Crippen MR) is 101 cm³/mol. The van der Waals surface area contributed by atoms with Crippen LogP contribution in [0.4, 0.5) is 0 Å². The number of Topliss-reactive ketones (excluding diaryl/α,β-unsaturated/α-hetero) is 1. The molecule has 0 N–H and O–H groups in total. The highest BCUT2D eigenvalue weighted by atomic mass is 32.2. The zero-order valence-electron chi connectivity index (χ0n) is 14.1. The van der Waals surface area contributed by atoms with Crippen molar-refractivity contribution in [2.24, 2.45) is 0 Å². The van der Waals surface area contributed by atoms with Crippen LogP contribution in [-0.4, -0.2) is 20.5 Å². The molecule has 0 unspecified atom stereocenters. The van der Waals surface area contributed by atoms with Crippen LogP contribution in [0.5, 0.6) is 0 Å². The van der Waals surface area contributed by atoms with Gasteiger partial charge in [0, 0.05) is 23.8 Å². The maximum atomic E-state index is 12.5. The molecular weight excluding hydrogens is 348 g/mol. The van der Waals surface area contributed by atoms with Crippen molar-refractivity contribution in [3.05, 3.63) is 72.0 Å². The van der Waals surface area contributed by atoms with E-state index in [0.29, 0.717) is 29.1 Å². The summed E-state index contributed by atoms with van der Waals surface area (Å²) in [5, 5.41) is 0. The van der Waals surface area contributed by atoms with E-state index in [0.717, 1.165) is 11.1 Å². The van der Waals surface area contributed by atoms with Crippen LogP contribution in [0.1, 0.15) is 22.5 Å². The molecule has 0 radical (unpaired) electrons. The lowest BCUT2D eigenvalue weighted by Crippen LogP contribution is -2.03. The molecule has 0 saturated carbocycles. The third kappa shape index (κ3) is 2.80. The molecule has 4 rings (SSSR count). The van der Waals surface area contributed by atoms with E-state index in [-0.39, 0.29) is 10.7 Å². The van der Waals surface area contributed by atoms with Crippen molar-refractivity contribution in [1.29, 1.82) is 0 Å². The fourth-order valence-corrected chi connectivity index (χ4v) is 3.79. The van der Waals surface area contributed by atoms with Crippen LogP contribution in [0.15, 0.2) is 70.0 Å². The summed E-state index contributed by atoms with van der Waals surface area (Å²) in [4.78, 5) is 12.8. The average Bonchev–Trinajstić information content (AvgIpc) is 3.03. The Labute approximate surface area is 151 Å². The highest BCUT2D eigenvalue weighted by molar-refractivity contribution is 7.90. The van der Waals surface area contributed by atoms with Crippen molar-refractivity contribution in [3.63, 3.8) is 0 Å². The van der Waals surface area contributed by atoms with Crippen LogP contribution in [0, 0.1) is 0 Å². The Morgan fingerprint density at radius 3 is 2.23 bits per heavy atom. The summed E-state index contributed by atoms with van der Waals surface area (Å²) in [6.45, 7) is 0. The van der Waals surface area contributed by atoms with Gasteiger partial charge >= 0.3 is 0 Å². The number of fused-ring (bicyclic) bond motifs is 1. The van der Waals surface area contributed by atoms with E-state index in [1.54, 1.807) is 30.3 Å². The highest BCUT2D eigenvalue weighted by Crippen LogP contribution is 2.41. The molecule has 0 saturated heterocycles. The van der Waals surface area contributed by atoms with Crippen molar-refractivity contribution in [3.8, 4) is 22.5 Å². The molecule has 0 fully saturated rings. The van der Waals surface area contributed by atoms with Crippen molar-refractivity contribution in [2.75, 3.05) is 6.26 Å². The largest absolute Gasteiger partial charge is 0.455 e. The van der Waals surface area contributed by atoms with Gasteiger partial charge < -0.3 is 4.42 Å². The average molecular weight is 364 g/mol. The first kappa shape index (κ1) is 16.5. The minimum absolute atomic E-state index is 0.00405. The summed E-state index contributed by atoms with van der Waals surface area (Å²) in [7, 11) is -3.28. The lowest BCUT2D eigenvalue weighted by atomic mass is 9.92. The first-order valence-corrected chi connectivity index (χ1v) is 10.1. The number of rotatable bonds is 3. The fraction of sp³-hybridized carbons (Fsp3) is 0.0952. The Kier molecular flexibility index (Phi) is 3.89. The van der Waals surface area contributed by atoms with Gasteiger partial charge in [-0.15, -0.1) is 0 Å². The number of allylic oxidation sites excluding steroid dienone is 1. The SMILES string of the molecule is CS(=O)(=O)c1ccc(-c2c(-c3ccccc3)oc3c2C(=O)CC=C3)cc1. The standard InChI is InChI=1S/C21H16O4S/c1-26(23,24)16-12-10-14(11-13-16)19-20-17(22)8-5-9-18(20)25-21(19)15-6-3-2-4-7-15/h2-7,9-13H,8H2,1H3. The first-order valence-electron chi connectivity index (χ1n) is 8.17. The van der Waals surface area contributed by atoms with Gasteiger partial charge in [0.1, 0.15) is 11.5 Å². The molecule has 5 heteroatoms. The van der Waals surface area contributed by atoms with Gasteiger partial charge in [-0.2, -0.15) is 0 Å². The van der Waals surface area contributed by atoms with Gasteiger partial charge in [-0.25, -0.2) is 8.42 Å². The lowest BCUT2D eigenvalue weighted by Gasteiger charge is -2.08. The number of carbonyl (C=O) groups excluding carboxylic acids is 1. The zero-order chi connectivity index (χ0) is 18.3. The monoisotopic (exact) mass is 364 g/mol. The number of benzene rings is 2. The molecule has 1 aliphatic rings. The fourth-order valence-electron chi connectivity index (χ4n) is 3.16. The minimum atomic E-state index is -3.28. The Morgan fingerprint density at radius 1 is 0.885 bits per heavy atom. The van der Waals surface area contributed by atoms with E-state index in [2.05, 4.69) is 0 Å². The summed E-state index contributed by atoms with van der Waals surface area (Å²) in [6.07, 6.45) is 5.11. The van der Waals surface area contributed by atoms with Crippen LogP contribution in [0.2, 0.25) is 0 Å². The molecule has 0 spiro atoms. The number of furan rings is 1. The van der Waals surface area contributed by atoms with E-state index in [1.807, 2.05) is 36.4 Å². The summed E-state index contributed by atoms with van der Waals surface area (Å²) < 4.78 is 29.5. The normalized spacial score (nSPS) is 13.7. The molecule has 2 aromatic carbocycles. The maximum absolute atomic E-state index is 12.5. The number of ketones is 1. The van der Waals surface area contributed by atoms with Crippen molar-refractivity contribution < 1.29 is 17.6 Å².